The van der Waals surface area contributed by atoms with Gasteiger partial charge < -0.3 is 10.1 Å². The monoisotopic (exact) mass is 183 g/mol. The van der Waals surface area contributed by atoms with Gasteiger partial charge in [-0.1, -0.05) is 6.07 Å². The summed E-state index contributed by atoms with van der Waals surface area (Å²) in [5.74, 6) is 0.311. The summed E-state index contributed by atoms with van der Waals surface area (Å²) in [6, 6.07) is 4.72. The molecule has 0 amide bonds. The van der Waals surface area contributed by atoms with Crippen molar-refractivity contribution >= 4 is 0 Å². The maximum atomic E-state index is 12.8. The number of hydrogen-bond acceptors (Lipinski definition) is 2. The average Bonchev–Trinajstić information content (AvgIpc) is 2.16. The van der Waals surface area contributed by atoms with E-state index in [9.17, 15) is 4.39 Å². The van der Waals surface area contributed by atoms with Crippen LogP contribution < -0.4 is 10.1 Å². The molecular weight excluding hydrogens is 169 g/mol. The SMILES string of the molecule is CN[C@@H](C)c1ccc(F)cc1OC. The van der Waals surface area contributed by atoms with Crippen LogP contribution in [0, 0.1) is 5.82 Å². The standard InChI is InChI=1S/C10H14FNO/c1-7(12-2)9-5-4-8(11)6-10(9)13-3/h4-7,12H,1-3H3/t7-/m0/s1. The van der Waals surface area contributed by atoms with Gasteiger partial charge in [0.25, 0.3) is 0 Å². The molecule has 72 valence electrons. The molecule has 0 aliphatic heterocycles. The van der Waals surface area contributed by atoms with E-state index >= 15 is 0 Å². The highest BCUT2D eigenvalue weighted by Gasteiger charge is 2.09. The third kappa shape index (κ3) is 2.18. The maximum Gasteiger partial charge on any atom is 0.126 e. The van der Waals surface area contributed by atoms with E-state index in [-0.39, 0.29) is 11.9 Å². The molecule has 1 rings (SSSR count). The second-order valence-corrected chi connectivity index (χ2v) is 2.90. The van der Waals surface area contributed by atoms with E-state index in [0.29, 0.717) is 5.75 Å². The van der Waals surface area contributed by atoms with E-state index in [1.165, 1.54) is 12.1 Å². The van der Waals surface area contributed by atoms with Crippen molar-refractivity contribution in [2.24, 2.45) is 0 Å². The molecule has 0 bridgehead atoms. The number of methoxy groups -OCH3 is 1. The molecule has 3 heteroatoms. The molecule has 0 aliphatic carbocycles. The first-order chi connectivity index (χ1) is 6.19. The zero-order valence-electron chi connectivity index (χ0n) is 8.10. The highest BCUT2D eigenvalue weighted by atomic mass is 19.1. The fourth-order valence-corrected chi connectivity index (χ4v) is 1.20. The first-order valence-corrected chi connectivity index (χ1v) is 4.19. The lowest BCUT2D eigenvalue weighted by atomic mass is 10.1. The number of benzene rings is 1. The quantitative estimate of drug-likeness (QED) is 0.775. The minimum Gasteiger partial charge on any atom is -0.496 e. The number of hydrogen-bond donors (Lipinski definition) is 1. The molecule has 0 saturated carbocycles. The first kappa shape index (κ1) is 9.99. The molecule has 13 heavy (non-hydrogen) atoms. The molecular formula is C10H14FNO. The van der Waals surface area contributed by atoms with Crippen LogP contribution in [-0.2, 0) is 0 Å². The Balaban J connectivity index is 3.05. The van der Waals surface area contributed by atoms with E-state index in [1.807, 2.05) is 14.0 Å². The summed E-state index contributed by atoms with van der Waals surface area (Å²) in [4.78, 5) is 0. The lowest BCUT2D eigenvalue weighted by molar-refractivity contribution is 0.400. The molecule has 0 unspecified atom stereocenters. The van der Waals surface area contributed by atoms with Crippen molar-refractivity contribution < 1.29 is 9.13 Å². The third-order valence-electron chi connectivity index (χ3n) is 2.10. The van der Waals surface area contributed by atoms with Crippen molar-refractivity contribution in [2.75, 3.05) is 14.2 Å². The van der Waals surface area contributed by atoms with Crippen LogP contribution in [0.3, 0.4) is 0 Å². The topological polar surface area (TPSA) is 21.3 Å². The maximum absolute atomic E-state index is 12.8. The predicted octanol–water partition coefficient (Wildman–Crippen LogP) is 2.11. The smallest absolute Gasteiger partial charge is 0.126 e. The van der Waals surface area contributed by atoms with Crippen LogP contribution >= 0.6 is 0 Å². The van der Waals surface area contributed by atoms with Gasteiger partial charge in [0.15, 0.2) is 0 Å². The summed E-state index contributed by atoms with van der Waals surface area (Å²) in [6.07, 6.45) is 0. The van der Waals surface area contributed by atoms with Crippen molar-refractivity contribution in [3.05, 3.63) is 29.6 Å². The Morgan fingerprint density at radius 1 is 1.46 bits per heavy atom. The van der Waals surface area contributed by atoms with E-state index in [1.54, 1.807) is 13.2 Å². The number of ether oxygens (including phenoxy) is 1. The molecule has 1 N–H and O–H groups in total. The Bertz CT molecular complexity index is 288. The van der Waals surface area contributed by atoms with Crippen molar-refractivity contribution in [3.63, 3.8) is 0 Å². The molecule has 0 radical (unpaired) electrons. The van der Waals surface area contributed by atoms with Crippen LogP contribution in [0.4, 0.5) is 4.39 Å². The molecule has 1 aromatic carbocycles. The Morgan fingerprint density at radius 3 is 2.69 bits per heavy atom. The summed E-state index contributed by atoms with van der Waals surface area (Å²) < 4.78 is 17.9. The van der Waals surface area contributed by atoms with Gasteiger partial charge in [0.1, 0.15) is 11.6 Å². The summed E-state index contributed by atoms with van der Waals surface area (Å²) in [5, 5.41) is 3.07. The molecule has 0 heterocycles. The number of rotatable bonds is 3. The Kier molecular flexibility index (Phi) is 3.25. The zero-order chi connectivity index (χ0) is 9.84. The van der Waals surface area contributed by atoms with E-state index in [2.05, 4.69) is 5.32 Å². The third-order valence-corrected chi connectivity index (χ3v) is 2.10. The highest BCUT2D eigenvalue weighted by Crippen LogP contribution is 2.25. The fourth-order valence-electron chi connectivity index (χ4n) is 1.20. The minimum atomic E-state index is -0.274. The molecule has 2 nitrogen and oxygen atoms in total. The van der Waals surface area contributed by atoms with Gasteiger partial charge in [-0.3, -0.25) is 0 Å². The van der Waals surface area contributed by atoms with Crippen LogP contribution in [0.15, 0.2) is 18.2 Å². The number of nitrogens with one attached hydrogen (secondary N) is 1. The summed E-state index contributed by atoms with van der Waals surface area (Å²) in [5.41, 5.74) is 0.964. The Morgan fingerprint density at radius 2 is 2.15 bits per heavy atom. The van der Waals surface area contributed by atoms with Crippen LogP contribution in [-0.4, -0.2) is 14.2 Å². The lowest BCUT2D eigenvalue weighted by Gasteiger charge is -2.14. The minimum absolute atomic E-state index is 0.163. The average molecular weight is 183 g/mol. The highest BCUT2D eigenvalue weighted by molar-refractivity contribution is 5.36. The summed E-state index contributed by atoms with van der Waals surface area (Å²) in [7, 11) is 3.40. The molecule has 0 saturated heterocycles. The molecule has 0 aliphatic rings. The molecule has 0 aromatic heterocycles. The van der Waals surface area contributed by atoms with E-state index in [4.69, 9.17) is 4.74 Å². The molecule has 1 aromatic rings. The summed E-state index contributed by atoms with van der Waals surface area (Å²) >= 11 is 0. The van der Waals surface area contributed by atoms with Crippen LogP contribution in [0.25, 0.3) is 0 Å². The van der Waals surface area contributed by atoms with Crippen molar-refractivity contribution in [2.45, 2.75) is 13.0 Å². The van der Waals surface area contributed by atoms with Crippen LogP contribution in [0.5, 0.6) is 5.75 Å². The van der Waals surface area contributed by atoms with E-state index in [0.717, 1.165) is 5.56 Å². The summed E-state index contributed by atoms with van der Waals surface area (Å²) in [6.45, 7) is 2.00. The molecule has 1 atom stereocenters. The second-order valence-electron chi connectivity index (χ2n) is 2.90. The van der Waals surface area contributed by atoms with Crippen molar-refractivity contribution in [1.29, 1.82) is 0 Å². The van der Waals surface area contributed by atoms with Gasteiger partial charge >= 0.3 is 0 Å². The van der Waals surface area contributed by atoms with Gasteiger partial charge in [-0.2, -0.15) is 0 Å². The zero-order valence-corrected chi connectivity index (χ0v) is 8.10. The Hall–Kier alpha value is -1.09. The first-order valence-electron chi connectivity index (χ1n) is 4.19. The van der Waals surface area contributed by atoms with E-state index < -0.39 is 0 Å². The van der Waals surface area contributed by atoms with Crippen LogP contribution in [0.2, 0.25) is 0 Å². The van der Waals surface area contributed by atoms with Gasteiger partial charge in [0, 0.05) is 17.7 Å². The fraction of sp³-hybridized carbons (Fsp3) is 0.400. The van der Waals surface area contributed by atoms with Crippen molar-refractivity contribution in [3.8, 4) is 5.75 Å². The van der Waals surface area contributed by atoms with Gasteiger partial charge in [-0.25, -0.2) is 4.39 Å². The Labute approximate surface area is 77.7 Å². The normalized spacial score (nSPS) is 12.6. The number of halogens is 1. The second kappa shape index (κ2) is 4.23. The lowest BCUT2D eigenvalue weighted by Crippen LogP contribution is -2.13. The molecule has 0 fully saturated rings. The van der Waals surface area contributed by atoms with Crippen LogP contribution in [0.1, 0.15) is 18.5 Å². The predicted molar refractivity (Wildman–Crippen MR) is 50.4 cm³/mol. The van der Waals surface area contributed by atoms with Gasteiger partial charge in [-0.15, -0.1) is 0 Å². The largest absolute Gasteiger partial charge is 0.496 e. The van der Waals surface area contributed by atoms with Crippen molar-refractivity contribution in [1.82, 2.24) is 5.32 Å². The van der Waals surface area contributed by atoms with Gasteiger partial charge in [0.2, 0.25) is 0 Å². The molecule has 0 spiro atoms. The van der Waals surface area contributed by atoms with Gasteiger partial charge in [-0.05, 0) is 20.0 Å². The van der Waals surface area contributed by atoms with Gasteiger partial charge in [0.05, 0.1) is 7.11 Å².